The van der Waals surface area contributed by atoms with E-state index in [0.717, 1.165) is 17.8 Å². The van der Waals surface area contributed by atoms with E-state index < -0.39 is 0 Å². The first kappa shape index (κ1) is 14.7. The number of benzene rings is 1. The second-order valence-electron chi connectivity index (χ2n) is 5.05. The number of carbonyl (C=O) groups excluding carboxylic acids is 1. The lowest BCUT2D eigenvalue weighted by Crippen LogP contribution is -2.23. The Morgan fingerprint density at radius 1 is 1.25 bits per heavy atom. The Labute approximate surface area is 119 Å². The Morgan fingerprint density at radius 3 is 2.50 bits per heavy atom. The minimum atomic E-state index is 0.00784. The second-order valence-corrected chi connectivity index (χ2v) is 5.05. The third-order valence-electron chi connectivity index (χ3n) is 3.37. The minimum Gasteiger partial charge on any atom is -0.493 e. The van der Waals surface area contributed by atoms with E-state index in [-0.39, 0.29) is 5.91 Å². The maximum Gasteiger partial charge on any atom is 0.225 e. The van der Waals surface area contributed by atoms with Crippen molar-refractivity contribution in [3.8, 4) is 11.5 Å². The average molecular weight is 278 g/mol. The predicted molar refractivity (Wildman–Crippen MR) is 78.6 cm³/mol. The number of hydrogen-bond acceptors (Lipinski definition) is 4. The molecule has 0 spiro atoms. The number of amides is 1. The second kappa shape index (κ2) is 6.61. The first-order valence-electron chi connectivity index (χ1n) is 6.90. The Hall–Kier alpha value is -1.75. The van der Waals surface area contributed by atoms with E-state index >= 15 is 0 Å². The quantitative estimate of drug-likeness (QED) is 0.802. The van der Waals surface area contributed by atoms with Crippen LogP contribution in [0.25, 0.3) is 0 Å². The van der Waals surface area contributed by atoms with Crippen LogP contribution in [-0.4, -0.2) is 32.7 Å². The van der Waals surface area contributed by atoms with Gasteiger partial charge < -0.3 is 20.1 Å². The van der Waals surface area contributed by atoms with Gasteiger partial charge in [0.05, 0.1) is 14.2 Å². The zero-order chi connectivity index (χ0) is 14.5. The molecule has 20 heavy (non-hydrogen) atoms. The van der Waals surface area contributed by atoms with Gasteiger partial charge in [-0.15, -0.1) is 0 Å². The van der Waals surface area contributed by atoms with Crippen LogP contribution >= 0.6 is 0 Å². The summed E-state index contributed by atoms with van der Waals surface area (Å²) in [4.78, 5) is 11.9. The maximum atomic E-state index is 11.9. The fourth-order valence-corrected chi connectivity index (χ4v) is 2.01. The molecule has 0 unspecified atom stereocenters. The monoisotopic (exact) mass is 278 g/mol. The Balaban J connectivity index is 1.94. The van der Waals surface area contributed by atoms with Crippen LogP contribution in [0.3, 0.4) is 0 Å². The van der Waals surface area contributed by atoms with Crippen molar-refractivity contribution in [1.82, 2.24) is 5.32 Å². The first-order valence-corrected chi connectivity index (χ1v) is 6.90. The number of ether oxygens (including phenoxy) is 2. The number of rotatable bonds is 7. The van der Waals surface area contributed by atoms with Gasteiger partial charge in [0.15, 0.2) is 11.5 Å². The fraction of sp³-hybridized carbons (Fsp3) is 0.533. The zero-order valence-electron chi connectivity index (χ0n) is 12.3. The third-order valence-corrected chi connectivity index (χ3v) is 3.37. The smallest absolute Gasteiger partial charge is 0.225 e. The highest BCUT2D eigenvalue weighted by molar-refractivity contribution is 5.92. The van der Waals surface area contributed by atoms with Crippen LogP contribution in [0.4, 0.5) is 5.69 Å². The van der Waals surface area contributed by atoms with Gasteiger partial charge in [0.25, 0.3) is 0 Å². The number of methoxy groups -OCH3 is 2. The topological polar surface area (TPSA) is 59.6 Å². The van der Waals surface area contributed by atoms with Gasteiger partial charge in [-0.25, -0.2) is 0 Å². The molecule has 0 saturated heterocycles. The van der Waals surface area contributed by atoms with E-state index in [2.05, 4.69) is 10.6 Å². The van der Waals surface area contributed by atoms with Crippen molar-refractivity contribution in [2.24, 2.45) is 0 Å². The SMILES string of the molecule is COc1cc(C)c(NC(=O)CCNC2CC2)cc1OC. The van der Waals surface area contributed by atoms with Crippen LogP contribution < -0.4 is 20.1 Å². The molecule has 2 N–H and O–H groups in total. The molecular weight excluding hydrogens is 256 g/mol. The van der Waals surface area contributed by atoms with Crippen molar-refractivity contribution >= 4 is 11.6 Å². The van der Waals surface area contributed by atoms with Gasteiger partial charge in [-0.3, -0.25) is 4.79 Å². The minimum absolute atomic E-state index is 0.00784. The molecule has 5 nitrogen and oxygen atoms in total. The van der Waals surface area contributed by atoms with E-state index in [1.54, 1.807) is 20.3 Å². The molecule has 0 aromatic heterocycles. The van der Waals surface area contributed by atoms with Crippen LogP contribution in [0.15, 0.2) is 12.1 Å². The molecule has 0 bridgehead atoms. The van der Waals surface area contributed by atoms with Crippen LogP contribution in [0.1, 0.15) is 24.8 Å². The van der Waals surface area contributed by atoms with E-state index in [1.807, 2.05) is 13.0 Å². The molecule has 5 heteroatoms. The van der Waals surface area contributed by atoms with Crippen molar-refractivity contribution < 1.29 is 14.3 Å². The lowest BCUT2D eigenvalue weighted by molar-refractivity contribution is -0.116. The zero-order valence-corrected chi connectivity index (χ0v) is 12.3. The Kier molecular flexibility index (Phi) is 4.84. The van der Waals surface area contributed by atoms with Gasteiger partial charge in [0.2, 0.25) is 5.91 Å². The van der Waals surface area contributed by atoms with Crippen molar-refractivity contribution in [2.75, 3.05) is 26.1 Å². The normalized spacial score (nSPS) is 13.9. The number of aryl methyl sites for hydroxylation is 1. The molecular formula is C15H22N2O3. The third kappa shape index (κ3) is 3.87. The Morgan fingerprint density at radius 2 is 1.90 bits per heavy atom. The predicted octanol–water partition coefficient (Wildman–Crippen LogP) is 2.09. The van der Waals surface area contributed by atoms with Crippen molar-refractivity contribution in [2.45, 2.75) is 32.2 Å². The standard InChI is InChI=1S/C15H22N2O3/c1-10-8-13(19-2)14(20-3)9-12(10)17-15(18)6-7-16-11-4-5-11/h8-9,11,16H,4-7H2,1-3H3,(H,17,18). The van der Waals surface area contributed by atoms with Crippen LogP contribution in [-0.2, 0) is 4.79 Å². The summed E-state index contributed by atoms with van der Waals surface area (Å²) in [6.45, 7) is 2.66. The molecule has 0 atom stereocenters. The van der Waals surface area contributed by atoms with Gasteiger partial charge in [-0.05, 0) is 31.4 Å². The Bertz CT molecular complexity index is 484. The molecule has 1 amide bonds. The van der Waals surface area contributed by atoms with E-state index in [1.165, 1.54) is 12.8 Å². The van der Waals surface area contributed by atoms with Gasteiger partial charge in [0.1, 0.15) is 0 Å². The summed E-state index contributed by atoms with van der Waals surface area (Å²) in [5, 5.41) is 6.24. The summed E-state index contributed by atoms with van der Waals surface area (Å²) in [5.41, 5.74) is 1.71. The molecule has 0 radical (unpaired) electrons. The van der Waals surface area contributed by atoms with Gasteiger partial charge >= 0.3 is 0 Å². The van der Waals surface area contributed by atoms with E-state index in [9.17, 15) is 4.79 Å². The van der Waals surface area contributed by atoms with E-state index in [0.29, 0.717) is 24.0 Å². The fourth-order valence-electron chi connectivity index (χ4n) is 2.01. The van der Waals surface area contributed by atoms with E-state index in [4.69, 9.17) is 9.47 Å². The van der Waals surface area contributed by atoms with Crippen LogP contribution in [0.2, 0.25) is 0 Å². The molecule has 1 fully saturated rings. The summed E-state index contributed by atoms with van der Waals surface area (Å²) < 4.78 is 10.5. The molecule has 1 aliphatic carbocycles. The number of anilines is 1. The molecule has 1 aromatic carbocycles. The van der Waals surface area contributed by atoms with Gasteiger partial charge in [-0.2, -0.15) is 0 Å². The lowest BCUT2D eigenvalue weighted by Gasteiger charge is -2.13. The summed E-state index contributed by atoms with van der Waals surface area (Å²) in [7, 11) is 3.18. The highest BCUT2D eigenvalue weighted by Gasteiger charge is 2.20. The highest BCUT2D eigenvalue weighted by Crippen LogP contribution is 2.32. The average Bonchev–Trinajstić information content (AvgIpc) is 3.24. The first-order chi connectivity index (χ1) is 9.63. The molecule has 110 valence electrons. The summed E-state index contributed by atoms with van der Waals surface area (Å²) in [6.07, 6.45) is 2.94. The molecule has 0 heterocycles. The molecule has 1 aromatic rings. The van der Waals surface area contributed by atoms with Crippen molar-refractivity contribution in [3.63, 3.8) is 0 Å². The number of hydrogen-bond donors (Lipinski definition) is 2. The molecule has 0 aliphatic heterocycles. The summed E-state index contributed by atoms with van der Waals surface area (Å²) >= 11 is 0. The summed E-state index contributed by atoms with van der Waals surface area (Å²) in [6, 6.07) is 4.28. The molecule has 2 rings (SSSR count). The maximum absolute atomic E-state index is 11.9. The highest BCUT2D eigenvalue weighted by atomic mass is 16.5. The van der Waals surface area contributed by atoms with Crippen LogP contribution in [0, 0.1) is 6.92 Å². The van der Waals surface area contributed by atoms with Crippen LogP contribution in [0.5, 0.6) is 11.5 Å². The number of carbonyl (C=O) groups is 1. The van der Waals surface area contributed by atoms with Crippen molar-refractivity contribution in [3.05, 3.63) is 17.7 Å². The largest absolute Gasteiger partial charge is 0.493 e. The van der Waals surface area contributed by atoms with Gasteiger partial charge in [0, 0.05) is 30.8 Å². The lowest BCUT2D eigenvalue weighted by atomic mass is 10.1. The molecule has 1 aliphatic rings. The molecule has 1 saturated carbocycles. The van der Waals surface area contributed by atoms with Gasteiger partial charge in [-0.1, -0.05) is 0 Å². The number of nitrogens with one attached hydrogen (secondary N) is 2. The summed E-state index contributed by atoms with van der Waals surface area (Å²) in [5.74, 6) is 1.29. The van der Waals surface area contributed by atoms with Crippen molar-refractivity contribution in [1.29, 1.82) is 0 Å².